The molecule has 3 nitrogen and oxygen atoms in total. The van der Waals surface area contributed by atoms with Crippen LogP contribution < -0.4 is 0 Å². The van der Waals surface area contributed by atoms with E-state index in [1.54, 1.807) is 19.1 Å². The van der Waals surface area contributed by atoms with Crippen LogP contribution in [0.25, 0.3) is 0 Å². The van der Waals surface area contributed by atoms with Crippen LogP contribution in [-0.4, -0.2) is 16.2 Å². The predicted octanol–water partition coefficient (Wildman–Crippen LogP) is 2.16. The Morgan fingerprint density at radius 1 is 1.50 bits per heavy atom. The van der Waals surface area contributed by atoms with Crippen molar-refractivity contribution in [3.05, 3.63) is 27.7 Å². The zero-order valence-electron chi connectivity index (χ0n) is 6.34. The Balaban J connectivity index is 3.43. The highest BCUT2D eigenvalue weighted by Crippen LogP contribution is 2.29. The number of halogens is 1. The van der Waals surface area contributed by atoms with Gasteiger partial charge in [-0.2, -0.15) is 0 Å². The van der Waals surface area contributed by atoms with Gasteiger partial charge in [0.15, 0.2) is 0 Å². The van der Waals surface area contributed by atoms with Crippen molar-refractivity contribution in [2.45, 2.75) is 6.92 Å². The lowest BCUT2D eigenvalue weighted by Gasteiger charge is -2.04. The molecule has 0 aliphatic rings. The van der Waals surface area contributed by atoms with Crippen molar-refractivity contribution in [2.75, 3.05) is 0 Å². The fourth-order valence-corrected chi connectivity index (χ4v) is 1.27. The van der Waals surface area contributed by atoms with Crippen molar-refractivity contribution in [3.8, 4) is 5.75 Å². The summed E-state index contributed by atoms with van der Waals surface area (Å²) in [6.45, 7) is 1.63. The summed E-state index contributed by atoms with van der Waals surface area (Å²) >= 11 is 3.04. The van der Waals surface area contributed by atoms with Crippen molar-refractivity contribution in [1.29, 1.82) is 0 Å². The third kappa shape index (κ3) is 1.43. The van der Waals surface area contributed by atoms with E-state index >= 15 is 0 Å². The van der Waals surface area contributed by atoms with Crippen LogP contribution in [0, 0.1) is 6.92 Å². The molecule has 1 aromatic carbocycles. The highest BCUT2D eigenvalue weighted by Gasteiger charge is 2.14. The van der Waals surface area contributed by atoms with Gasteiger partial charge in [-0.3, -0.25) is 0 Å². The molecule has 0 saturated heterocycles. The molecule has 0 radical (unpaired) electrons. The number of hydrogen-bond donors (Lipinski definition) is 2. The monoisotopic (exact) mass is 230 g/mol. The van der Waals surface area contributed by atoms with Crippen molar-refractivity contribution in [1.82, 2.24) is 0 Å². The molecule has 0 aliphatic heterocycles. The highest BCUT2D eigenvalue weighted by molar-refractivity contribution is 9.10. The van der Waals surface area contributed by atoms with Gasteiger partial charge < -0.3 is 10.2 Å². The SMILES string of the molecule is Cc1ccc(Br)c(O)c1C(=O)O. The Kier molecular flexibility index (Phi) is 2.38. The van der Waals surface area contributed by atoms with Crippen LogP contribution in [0.3, 0.4) is 0 Å². The predicted molar refractivity (Wildman–Crippen MR) is 47.5 cm³/mol. The van der Waals surface area contributed by atoms with Gasteiger partial charge in [-0.1, -0.05) is 6.07 Å². The Labute approximate surface area is 77.8 Å². The molecule has 0 atom stereocenters. The number of aromatic hydroxyl groups is 1. The first-order valence-corrected chi connectivity index (χ1v) is 4.04. The van der Waals surface area contributed by atoms with Gasteiger partial charge >= 0.3 is 5.97 Å². The van der Waals surface area contributed by atoms with Crippen LogP contribution in [-0.2, 0) is 0 Å². The summed E-state index contributed by atoms with van der Waals surface area (Å²) in [6, 6.07) is 3.24. The van der Waals surface area contributed by atoms with E-state index in [1.807, 2.05) is 0 Å². The first kappa shape index (κ1) is 9.06. The summed E-state index contributed by atoms with van der Waals surface area (Å²) in [5, 5.41) is 18.0. The normalized spacial score (nSPS) is 9.83. The molecule has 0 fully saturated rings. The maximum atomic E-state index is 10.6. The second kappa shape index (κ2) is 3.15. The van der Waals surface area contributed by atoms with E-state index in [0.29, 0.717) is 10.0 Å². The molecule has 1 rings (SSSR count). The average Bonchev–Trinajstić information content (AvgIpc) is 1.97. The Morgan fingerprint density at radius 3 is 2.50 bits per heavy atom. The maximum absolute atomic E-state index is 10.6. The van der Waals surface area contributed by atoms with Gasteiger partial charge in [-0.25, -0.2) is 4.79 Å². The minimum atomic E-state index is -1.12. The lowest BCUT2D eigenvalue weighted by atomic mass is 10.1. The molecule has 12 heavy (non-hydrogen) atoms. The molecule has 0 heterocycles. The largest absolute Gasteiger partial charge is 0.506 e. The smallest absolute Gasteiger partial charge is 0.339 e. The summed E-state index contributed by atoms with van der Waals surface area (Å²) < 4.78 is 0.394. The van der Waals surface area contributed by atoms with Crippen molar-refractivity contribution in [3.63, 3.8) is 0 Å². The molecule has 0 aromatic heterocycles. The third-order valence-corrected chi connectivity index (χ3v) is 2.19. The average molecular weight is 231 g/mol. The fraction of sp³-hybridized carbons (Fsp3) is 0.125. The number of carboxylic acids is 1. The van der Waals surface area contributed by atoms with Gasteiger partial charge in [0.05, 0.1) is 4.47 Å². The number of carbonyl (C=O) groups is 1. The zero-order chi connectivity index (χ0) is 9.30. The Morgan fingerprint density at radius 2 is 2.08 bits per heavy atom. The minimum Gasteiger partial charge on any atom is -0.506 e. The van der Waals surface area contributed by atoms with Crippen molar-refractivity contribution < 1.29 is 15.0 Å². The van der Waals surface area contributed by atoms with E-state index in [2.05, 4.69) is 15.9 Å². The molecule has 4 heteroatoms. The van der Waals surface area contributed by atoms with Crippen LogP contribution in [0.1, 0.15) is 15.9 Å². The van der Waals surface area contributed by atoms with E-state index in [0.717, 1.165) is 0 Å². The zero-order valence-corrected chi connectivity index (χ0v) is 7.92. The van der Waals surface area contributed by atoms with Crippen molar-refractivity contribution >= 4 is 21.9 Å². The number of benzene rings is 1. The van der Waals surface area contributed by atoms with E-state index in [1.165, 1.54) is 0 Å². The molecule has 1 aromatic rings. The van der Waals surface area contributed by atoms with Gasteiger partial charge in [0, 0.05) is 0 Å². The molecule has 0 spiro atoms. The summed E-state index contributed by atoms with van der Waals surface area (Å²) in [4.78, 5) is 10.6. The van der Waals surface area contributed by atoms with Crippen LogP contribution in [0.2, 0.25) is 0 Å². The minimum absolute atomic E-state index is 0.0515. The fourth-order valence-electron chi connectivity index (χ4n) is 0.937. The number of hydrogen-bond acceptors (Lipinski definition) is 2. The number of carboxylic acid groups (broad SMARTS) is 1. The summed E-state index contributed by atoms with van der Waals surface area (Å²) in [7, 11) is 0. The van der Waals surface area contributed by atoms with E-state index in [-0.39, 0.29) is 11.3 Å². The molecule has 0 unspecified atom stereocenters. The molecule has 0 bridgehead atoms. The molecule has 64 valence electrons. The molecule has 0 aliphatic carbocycles. The van der Waals surface area contributed by atoms with E-state index in [4.69, 9.17) is 5.11 Å². The molecule has 0 amide bonds. The highest BCUT2D eigenvalue weighted by atomic mass is 79.9. The number of phenols is 1. The number of rotatable bonds is 1. The topological polar surface area (TPSA) is 57.5 Å². The van der Waals surface area contributed by atoms with Gasteiger partial charge in [-0.15, -0.1) is 0 Å². The first-order valence-electron chi connectivity index (χ1n) is 3.25. The second-order valence-electron chi connectivity index (χ2n) is 2.39. The van der Waals surface area contributed by atoms with E-state index in [9.17, 15) is 9.90 Å². The standard InChI is InChI=1S/C8H7BrO3/c1-4-2-3-5(9)7(10)6(4)8(11)12/h2-3,10H,1H3,(H,11,12). The first-order chi connectivity index (χ1) is 5.54. The lowest BCUT2D eigenvalue weighted by Crippen LogP contribution is -2.00. The van der Waals surface area contributed by atoms with Gasteiger partial charge in [0.1, 0.15) is 11.3 Å². The van der Waals surface area contributed by atoms with Gasteiger partial charge in [0.25, 0.3) is 0 Å². The van der Waals surface area contributed by atoms with Crippen molar-refractivity contribution in [2.24, 2.45) is 0 Å². The lowest BCUT2D eigenvalue weighted by molar-refractivity contribution is 0.0693. The molecular weight excluding hydrogens is 224 g/mol. The molecule has 2 N–H and O–H groups in total. The molecular formula is C8H7BrO3. The summed E-state index contributed by atoms with van der Waals surface area (Å²) in [6.07, 6.45) is 0. The van der Waals surface area contributed by atoms with Gasteiger partial charge in [-0.05, 0) is 34.5 Å². The van der Waals surface area contributed by atoms with Crippen LogP contribution in [0.4, 0.5) is 0 Å². The van der Waals surface area contributed by atoms with Gasteiger partial charge in [0.2, 0.25) is 0 Å². The summed E-state index contributed by atoms with van der Waals surface area (Å²) in [5.74, 6) is -1.34. The van der Waals surface area contributed by atoms with Crippen LogP contribution in [0.15, 0.2) is 16.6 Å². The van der Waals surface area contributed by atoms with E-state index < -0.39 is 5.97 Å². The van der Waals surface area contributed by atoms with Crippen LogP contribution >= 0.6 is 15.9 Å². The maximum Gasteiger partial charge on any atom is 0.339 e. The Hall–Kier alpha value is -1.03. The third-order valence-electron chi connectivity index (χ3n) is 1.55. The summed E-state index contributed by atoms with van der Waals surface area (Å²) in [5.41, 5.74) is 0.493. The second-order valence-corrected chi connectivity index (χ2v) is 3.25. The number of aryl methyl sites for hydroxylation is 1. The Bertz CT molecular complexity index is 333. The van der Waals surface area contributed by atoms with Crippen LogP contribution in [0.5, 0.6) is 5.75 Å². The number of aromatic carboxylic acids is 1. The quantitative estimate of drug-likeness (QED) is 0.778. The molecule has 0 saturated carbocycles.